The normalized spacial score (nSPS) is 34.7. The van der Waals surface area contributed by atoms with Crippen molar-refractivity contribution in [2.45, 2.75) is 38.3 Å². The molecule has 2 fully saturated rings. The molecule has 0 aromatic heterocycles. The van der Waals surface area contributed by atoms with Crippen LogP contribution in [0.5, 0.6) is 0 Å². The first-order valence-corrected chi connectivity index (χ1v) is 6.85. The zero-order valence-electron chi connectivity index (χ0n) is 7.99. The van der Waals surface area contributed by atoms with Crippen LogP contribution in [0.25, 0.3) is 0 Å². The van der Waals surface area contributed by atoms with Gasteiger partial charge in [-0.2, -0.15) is 0 Å². The summed E-state index contributed by atoms with van der Waals surface area (Å²) in [6, 6.07) is 0.735. The van der Waals surface area contributed by atoms with E-state index in [2.05, 4.69) is 12.2 Å². The zero-order chi connectivity index (χ0) is 9.47. The van der Waals surface area contributed by atoms with Gasteiger partial charge in [-0.3, -0.25) is 0 Å². The highest BCUT2D eigenvalue weighted by atomic mass is 32.2. The predicted octanol–water partition coefficient (Wildman–Crippen LogP) is 0.562. The highest BCUT2D eigenvalue weighted by Gasteiger charge is 2.33. The van der Waals surface area contributed by atoms with E-state index in [1.54, 1.807) is 0 Å². The van der Waals surface area contributed by atoms with Crippen LogP contribution in [0.1, 0.15) is 26.2 Å². The molecule has 0 radical (unpaired) electrons. The van der Waals surface area contributed by atoms with Crippen LogP contribution in [0.15, 0.2) is 0 Å². The van der Waals surface area contributed by atoms with Gasteiger partial charge >= 0.3 is 0 Å². The maximum atomic E-state index is 11.2. The molecule has 0 unspecified atom stereocenters. The molecule has 2 rings (SSSR count). The van der Waals surface area contributed by atoms with Crippen LogP contribution in [-0.4, -0.2) is 32.0 Å². The summed E-state index contributed by atoms with van der Waals surface area (Å²) in [5.74, 6) is 1.54. The van der Waals surface area contributed by atoms with E-state index in [0.29, 0.717) is 17.5 Å². The summed E-state index contributed by atoms with van der Waals surface area (Å²) < 4.78 is 22.3. The van der Waals surface area contributed by atoms with Crippen LogP contribution in [0, 0.1) is 5.92 Å². The third kappa shape index (κ3) is 2.44. The number of sulfone groups is 1. The van der Waals surface area contributed by atoms with Gasteiger partial charge in [-0.05, 0) is 32.1 Å². The van der Waals surface area contributed by atoms with Crippen LogP contribution in [0.4, 0.5) is 0 Å². The van der Waals surface area contributed by atoms with Gasteiger partial charge in [0, 0.05) is 12.1 Å². The molecule has 1 heterocycles. The Kier molecular flexibility index (Phi) is 2.36. The second-order valence-electron chi connectivity index (χ2n) is 4.39. The average Bonchev–Trinajstić information content (AvgIpc) is 2.78. The number of hydrogen-bond acceptors (Lipinski definition) is 3. The molecule has 4 heteroatoms. The molecular weight excluding hydrogens is 186 g/mol. The van der Waals surface area contributed by atoms with Gasteiger partial charge in [0.15, 0.2) is 9.84 Å². The Balaban J connectivity index is 1.83. The van der Waals surface area contributed by atoms with E-state index in [1.807, 2.05) is 0 Å². The van der Waals surface area contributed by atoms with Crippen molar-refractivity contribution in [1.29, 1.82) is 0 Å². The van der Waals surface area contributed by atoms with Crippen LogP contribution in [0.2, 0.25) is 0 Å². The summed E-state index contributed by atoms with van der Waals surface area (Å²) in [6.07, 6.45) is 3.43. The maximum Gasteiger partial charge on any atom is 0.151 e. The molecule has 2 atom stereocenters. The van der Waals surface area contributed by atoms with E-state index in [9.17, 15) is 8.42 Å². The number of rotatable bonds is 3. The Morgan fingerprint density at radius 2 is 2.00 bits per heavy atom. The first-order valence-electron chi connectivity index (χ1n) is 5.03. The highest BCUT2D eigenvalue weighted by molar-refractivity contribution is 7.91. The standard InChI is InChI=1S/C9H17NO2S/c1-7(8-2-3-8)10-9-4-5-13(11,12)6-9/h7-10H,2-6H2,1H3/t7-,9-/m0/s1. The van der Waals surface area contributed by atoms with Crippen molar-refractivity contribution in [2.24, 2.45) is 5.92 Å². The quantitative estimate of drug-likeness (QED) is 0.729. The van der Waals surface area contributed by atoms with Crippen molar-refractivity contribution >= 4 is 9.84 Å². The summed E-state index contributed by atoms with van der Waals surface area (Å²) in [7, 11) is -2.71. The van der Waals surface area contributed by atoms with E-state index in [-0.39, 0.29) is 6.04 Å². The lowest BCUT2D eigenvalue weighted by molar-refractivity contribution is 0.436. The van der Waals surface area contributed by atoms with Gasteiger partial charge < -0.3 is 5.32 Å². The molecule has 0 aromatic rings. The molecule has 0 bridgehead atoms. The molecule has 1 N–H and O–H groups in total. The summed E-state index contributed by atoms with van der Waals surface area (Å²) in [6.45, 7) is 2.17. The van der Waals surface area contributed by atoms with Crippen molar-refractivity contribution < 1.29 is 8.42 Å². The fourth-order valence-electron chi connectivity index (χ4n) is 2.03. The van der Waals surface area contributed by atoms with E-state index in [0.717, 1.165) is 12.3 Å². The average molecular weight is 203 g/mol. The molecule has 13 heavy (non-hydrogen) atoms. The lowest BCUT2D eigenvalue weighted by Gasteiger charge is -2.17. The second kappa shape index (κ2) is 3.24. The fraction of sp³-hybridized carbons (Fsp3) is 1.00. The SMILES string of the molecule is C[C@H](N[C@H]1CCS(=O)(=O)C1)C1CC1. The first kappa shape index (κ1) is 9.46. The van der Waals surface area contributed by atoms with Crippen molar-refractivity contribution in [3.05, 3.63) is 0 Å². The van der Waals surface area contributed by atoms with Gasteiger partial charge in [0.2, 0.25) is 0 Å². The topological polar surface area (TPSA) is 46.2 Å². The van der Waals surface area contributed by atoms with Crippen LogP contribution in [0.3, 0.4) is 0 Å². The zero-order valence-corrected chi connectivity index (χ0v) is 8.81. The van der Waals surface area contributed by atoms with E-state index in [4.69, 9.17) is 0 Å². The van der Waals surface area contributed by atoms with Crippen LogP contribution < -0.4 is 5.32 Å². The molecule has 76 valence electrons. The third-order valence-electron chi connectivity index (χ3n) is 3.06. The molecule has 1 aliphatic carbocycles. The third-order valence-corrected chi connectivity index (χ3v) is 4.83. The molecule has 0 spiro atoms. The second-order valence-corrected chi connectivity index (χ2v) is 6.62. The van der Waals surface area contributed by atoms with Crippen molar-refractivity contribution in [1.82, 2.24) is 5.32 Å². The Morgan fingerprint density at radius 1 is 1.31 bits per heavy atom. The van der Waals surface area contributed by atoms with Gasteiger partial charge in [0.25, 0.3) is 0 Å². The minimum Gasteiger partial charge on any atom is -0.310 e. The first-order chi connectivity index (χ1) is 6.07. The fourth-order valence-corrected chi connectivity index (χ4v) is 3.72. The Morgan fingerprint density at radius 3 is 2.46 bits per heavy atom. The lowest BCUT2D eigenvalue weighted by atomic mass is 10.1. The van der Waals surface area contributed by atoms with E-state index < -0.39 is 9.84 Å². The van der Waals surface area contributed by atoms with Gasteiger partial charge in [-0.25, -0.2) is 8.42 Å². The van der Waals surface area contributed by atoms with Gasteiger partial charge in [0.1, 0.15) is 0 Å². The van der Waals surface area contributed by atoms with Crippen molar-refractivity contribution in [2.75, 3.05) is 11.5 Å². The smallest absolute Gasteiger partial charge is 0.151 e. The van der Waals surface area contributed by atoms with Crippen LogP contribution in [-0.2, 0) is 9.84 Å². The lowest BCUT2D eigenvalue weighted by Crippen LogP contribution is -2.38. The number of nitrogens with one attached hydrogen (secondary N) is 1. The molecule has 0 aromatic carbocycles. The molecule has 3 nitrogen and oxygen atoms in total. The molecule has 1 saturated carbocycles. The molecule has 1 aliphatic heterocycles. The molecule has 0 amide bonds. The van der Waals surface area contributed by atoms with E-state index >= 15 is 0 Å². The minimum absolute atomic E-state index is 0.223. The highest BCUT2D eigenvalue weighted by Crippen LogP contribution is 2.32. The summed E-state index contributed by atoms with van der Waals surface area (Å²) in [4.78, 5) is 0. The Bertz CT molecular complexity index is 282. The van der Waals surface area contributed by atoms with Gasteiger partial charge in [-0.1, -0.05) is 0 Å². The maximum absolute atomic E-state index is 11.2. The van der Waals surface area contributed by atoms with Gasteiger partial charge in [0.05, 0.1) is 11.5 Å². The Labute approximate surface area is 79.8 Å². The molecular formula is C9H17NO2S. The largest absolute Gasteiger partial charge is 0.310 e. The number of hydrogen-bond donors (Lipinski definition) is 1. The summed E-state index contributed by atoms with van der Waals surface area (Å²) >= 11 is 0. The van der Waals surface area contributed by atoms with Crippen molar-refractivity contribution in [3.63, 3.8) is 0 Å². The van der Waals surface area contributed by atoms with Crippen LogP contribution >= 0.6 is 0 Å². The Hall–Kier alpha value is -0.0900. The van der Waals surface area contributed by atoms with E-state index in [1.165, 1.54) is 12.8 Å². The predicted molar refractivity (Wildman–Crippen MR) is 52.4 cm³/mol. The molecule has 1 saturated heterocycles. The summed E-state index contributed by atoms with van der Waals surface area (Å²) in [5.41, 5.74) is 0. The molecule has 2 aliphatic rings. The monoisotopic (exact) mass is 203 g/mol. The summed E-state index contributed by atoms with van der Waals surface area (Å²) in [5, 5.41) is 3.42. The van der Waals surface area contributed by atoms with Gasteiger partial charge in [-0.15, -0.1) is 0 Å². The van der Waals surface area contributed by atoms with Crippen molar-refractivity contribution in [3.8, 4) is 0 Å². The minimum atomic E-state index is -2.71.